The molecule has 0 saturated carbocycles. The fourth-order valence-electron chi connectivity index (χ4n) is 3.11. The Kier molecular flexibility index (Phi) is 6.34. The predicted octanol–water partition coefficient (Wildman–Crippen LogP) is 3.32. The minimum Gasteiger partial charge on any atom is -0.454 e. The van der Waals surface area contributed by atoms with Crippen molar-refractivity contribution in [1.29, 1.82) is 0 Å². The van der Waals surface area contributed by atoms with Crippen LogP contribution >= 0.6 is 0 Å². The quantitative estimate of drug-likeness (QED) is 0.579. The van der Waals surface area contributed by atoms with Gasteiger partial charge >= 0.3 is 0 Å². The Morgan fingerprint density at radius 3 is 2.65 bits per heavy atom. The van der Waals surface area contributed by atoms with Crippen LogP contribution in [0.15, 0.2) is 35.9 Å². The predicted molar refractivity (Wildman–Crippen MR) is 103 cm³/mol. The van der Waals surface area contributed by atoms with Crippen molar-refractivity contribution < 1.29 is 14.3 Å². The van der Waals surface area contributed by atoms with Gasteiger partial charge < -0.3 is 19.3 Å². The molecule has 1 saturated heterocycles. The fraction of sp³-hybridized carbons (Fsp3) is 0.476. The molecule has 0 unspecified atom stereocenters. The van der Waals surface area contributed by atoms with E-state index in [9.17, 15) is 4.79 Å². The third kappa shape index (κ3) is 4.88. The summed E-state index contributed by atoms with van der Waals surface area (Å²) in [6, 6.07) is 5.95. The van der Waals surface area contributed by atoms with Crippen LogP contribution < -0.4 is 9.47 Å². The highest BCUT2D eigenvalue weighted by Gasteiger charge is 2.17. The van der Waals surface area contributed by atoms with Gasteiger partial charge in [0.2, 0.25) is 12.7 Å². The van der Waals surface area contributed by atoms with E-state index in [-0.39, 0.29) is 12.7 Å². The van der Waals surface area contributed by atoms with Crippen molar-refractivity contribution in [3.63, 3.8) is 0 Å². The van der Waals surface area contributed by atoms with E-state index in [1.165, 1.54) is 0 Å². The molecule has 0 spiro atoms. The molecule has 0 N–H and O–H groups in total. The number of fused-ring (bicyclic) bond motifs is 1. The van der Waals surface area contributed by atoms with Crippen LogP contribution in [-0.4, -0.2) is 55.7 Å². The molecule has 0 radical (unpaired) electrons. The van der Waals surface area contributed by atoms with Crippen molar-refractivity contribution >= 4 is 12.0 Å². The molecule has 0 bridgehead atoms. The number of allylic oxidation sites excluding steroid dienone is 2. The van der Waals surface area contributed by atoms with E-state index in [1.54, 1.807) is 6.08 Å². The van der Waals surface area contributed by atoms with Gasteiger partial charge in [-0.05, 0) is 43.2 Å². The Balaban J connectivity index is 1.70. The first-order valence-electron chi connectivity index (χ1n) is 9.41. The van der Waals surface area contributed by atoms with Gasteiger partial charge in [0, 0.05) is 32.3 Å². The van der Waals surface area contributed by atoms with Crippen LogP contribution in [0.2, 0.25) is 0 Å². The van der Waals surface area contributed by atoms with Crippen LogP contribution in [0.1, 0.15) is 31.7 Å². The molecular weight excluding hydrogens is 328 g/mol. The van der Waals surface area contributed by atoms with E-state index >= 15 is 0 Å². The van der Waals surface area contributed by atoms with Gasteiger partial charge in [0.25, 0.3) is 0 Å². The smallest absolute Gasteiger partial charge is 0.246 e. The molecule has 3 rings (SSSR count). The van der Waals surface area contributed by atoms with E-state index in [1.807, 2.05) is 29.2 Å². The zero-order valence-electron chi connectivity index (χ0n) is 15.7. The molecule has 1 aromatic carbocycles. The fourth-order valence-corrected chi connectivity index (χ4v) is 3.11. The number of hydrogen-bond donors (Lipinski definition) is 0. The number of carbonyl (C=O) groups is 1. The lowest BCUT2D eigenvalue weighted by molar-refractivity contribution is -0.127. The SMILES string of the molecule is CCCCC(/C=C/C(=O)N1CCN(C)CC1)=C\c1ccc2c(c1)OCO2. The Hall–Kier alpha value is -2.27. The summed E-state index contributed by atoms with van der Waals surface area (Å²) in [6.07, 6.45) is 9.01. The van der Waals surface area contributed by atoms with Gasteiger partial charge in [-0.1, -0.05) is 31.6 Å². The number of benzene rings is 1. The van der Waals surface area contributed by atoms with E-state index in [0.717, 1.165) is 68.1 Å². The van der Waals surface area contributed by atoms with Gasteiger partial charge in [-0.2, -0.15) is 0 Å². The van der Waals surface area contributed by atoms with Gasteiger partial charge in [0.1, 0.15) is 0 Å². The Morgan fingerprint density at radius 1 is 1.12 bits per heavy atom. The molecule has 1 amide bonds. The first-order valence-corrected chi connectivity index (χ1v) is 9.41. The third-order valence-electron chi connectivity index (χ3n) is 4.82. The number of amides is 1. The number of piperazine rings is 1. The molecule has 2 aliphatic rings. The number of carbonyl (C=O) groups excluding carboxylic acids is 1. The molecule has 1 fully saturated rings. The lowest BCUT2D eigenvalue weighted by Gasteiger charge is -2.31. The molecule has 1 aromatic rings. The standard InChI is InChI=1S/C21H28N2O3/c1-3-4-5-17(7-9-21(24)23-12-10-22(2)11-13-23)14-18-6-8-19-20(15-18)26-16-25-19/h6-9,14-15H,3-5,10-13,16H2,1-2H3/b9-7+,17-14+. The van der Waals surface area contributed by atoms with Crippen molar-refractivity contribution in [2.45, 2.75) is 26.2 Å². The maximum Gasteiger partial charge on any atom is 0.246 e. The Bertz CT molecular complexity index is 688. The molecular formula is C21H28N2O3. The molecule has 0 aromatic heterocycles. The summed E-state index contributed by atoms with van der Waals surface area (Å²) in [5.41, 5.74) is 2.23. The van der Waals surface area contributed by atoms with Gasteiger partial charge in [-0.25, -0.2) is 0 Å². The first kappa shape index (κ1) is 18.5. The highest BCUT2D eigenvalue weighted by atomic mass is 16.7. The topological polar surface area (TPSA) is 42.0 Å². The van der Waals surface area contributed by atoms with Crippen molar-refractivity contribution in [3.8, 4) is 11.5 Å². The van der Waals surface area contributed by atoms with Crippen LogP contribution in [0.3, 0.4) is 0 Å². The number of hydrogen-bond acceptors (Lipinski definition) is 4. The third-order valence-corrected chi connectivity index (χ3v) is 4.82. The highest BCUT2D eigenvalue weighted by Crippen LogP contribution is 2.33. The van der Waals surface area contributed by atoms with Gasteiger partial charge in [-0.3, -0.25) is 4.79 Å². The molecule has 26 heavy (non-hydrogen) atoms. The molecule has 2 aliphatic heterocycles. The van der Waals surface area contributed by atoms with Crippen molar-refractivity contribution in [2.75, 3.05) is 40.0 Å². The monoisotopic (exact) mass is 356 g/mol. The zero-order valence-corrected chi connectivity index (χ0v) is 15.7. The lowest BCUT2D eigenvalue weighted by atomic mass is 10.0. The van der Waals surface area contributed by atoms with Crippen LogP contribution in [0.5, 0.6) is 11.5 Å². The second-order valence-electron chi connectivity index (χ2n) is 6.90. The summed E-state index contributed by atoms with van der Waals surface area (Å²) in [5.74, 6) is 1.68. The number of nitrogens with zero attached hydrogens (tertiary/aromatic N) is 2. The minimum absolute atomic E-state index is 0.103. The van der Waals surface area contributed by atoms with E-state index < -0.39 is 0 Å². The van der Waals surface area contributed by atoms with E-state index in [4.69, 9.17) is 9.47 Å². The summed E-state index contributed by atoms with van der Waals surface area (Å²) in [7, 11) is 2.09. The number of ether oxygens (including phenoxy) is 2. The summed E-state index contributed by atoms with van der Waals surface area (Å²) in [4.78, 5) is 16.6. The number of rotatable bonds is 6. The maximum absolute atomic E-state index is 12.4. The second kappa shape index (κ2) is 8.90. The lowest BCUT2D eigenvalue weighted by Crippen LogP contribution is -2.46. The molecule has 0 aliphatic carbocycles. The van der Waals surface area contributed by atoms with Gasteiger partial charge in [0.05, 0.1) is 0 Å². The van der Waals surface area contributed by atoms with Crippen molar-refractivity contribution in [1.82, 2.24) is 9.80 Å². The van der Waals surface area contributed by atoms with Crippen LogP contribution in [0.4, 0.5) is 0 Å². The summed E-state index contributed by atoms with van der Waals surface area (Å²) < 4.78 is 10.8. The van der Waals surface area contributed by atoms with Gasteiger partial charge in [-0.15, -0.1) is 0 Å². The number of likely N-dealkylation sites (N-methyl/N-ethyl adjacent to an activating group) is 1. The summed E-state index contributed by atoms with van der Waals surface area (Å²) >= 11 is 0. The minimum atomic E-state index is 0.103. The normalized spacial score (nSPS) is 17.9. The first-order chi connectivity index (χ1) is 12.7. The molecule has 140 valence electrons. The van der Waals surface area contributed by atoms with Crippen LogP contribution in [0, 0.1) is 0 Å². The largest absolute Gasteiger partial charge is 0.454 e. The van der Waals surface area contributed by atoms with Gasteiger partial charge in [0.15, 0.2) is 11.5 Å². The average Bonchev–Trinajstić information content (AvgIpc) is 3.12. The molecule has 0 atom stereocenters. The Morgan fingerprint density at radius 2 is 1.88 bits per heavy atom. The summed E-state index contributed by atoms with van der Waals surface area (Å²) in [6.45, 7) is 5.94. The maximum atomic E-state index is 12.4. The van der Waals surface area contributed by atoms with Crippen LogP contribution in [0.25, 0.3) is 6.08 Å². The molecule has 5 nitrogen and oxygen atoms in total. The van der Waals surface area contributed by atoms with Crippen molar-refractivity contribution in [3.05, 3.63) is 41.5 Å². The second-order valence-corrected chi connectivity index (χ2v) is 6.90. The highest BCUT2D eigenvalue weighted by molar-refractivity contribution is 5.88. The number of unbranched alkanes of at least 4 members (excludes halogenated alkanes) is 1. The molecule has 5 heteroatoms. The molecule has 2 heterocycles. The van der Waals surface area contributed by atoms with E-state index in [0.29, 0.717) is 0 Å². The summed E-state index contributed by atoms with van der Waals surface area (Å²) in [5, 5.41) is 0. The van der Waals surface area contributed by atoms with Crippen molar-refractivity contribution in [2.24, 2.45) is 0 Å². The van der Waals surface area contributed by atoms with E-state index in [2.05, 4.69) is 24.9 Å². The zero-order chi connectivity index (χ0) is 18.4. The van der Waals surface area contributed by atoms with Crippen LogP contribution in [-0.2, 0) is 4.79 Å². The average molecular weight is 356 g/mol. The Labute approximate surface area is 155 Å².